The first-order chi connectivity index (χ1) is 8.75. The Hall–Kier alpha value is -1.94. The Morgan fingerprint density at radius 2 is 1.72 bits per heavy atom. The third-order valence-electron chi connectivity index (χ3n) is 2.74. The molecule has 4 heteroatoms. The Labute approximate surface area is 108 Å². The molecular weight excluding hydrogens is 248 g/mol. The number of benzene rings is 2. The molecule has 3 rings (SSSR count). The maximum atomic E-state index is 11.4. The van der Waals surface area contributed by atoms with Gasteiger partial charge in [-0.15, -0.1) is 11.8 Å². The SMILES string of the molecule is O=C(O)C1Sc2ccccc2Oc2ccccc21. The van der Waals surface area contributed by atoms with E-state index >= 15 is 0 Å². The Morgan fingerprint density at radius 3 is 2.50 bits per heavy atom. The first-order valence-electron chi connectivity index (χ1n) is 5.51. The highest BCUT2D eigenvalue weighted by molar-refractivity contribution is 8.00. The molecule has 2 aromatic carbocycles. The smallest absolute Gasteiger partial charge is 0.321 e. The van der Waals surface area contributed by atoms with Crippen LogP contribution in [0.5, 0.6) is 11.5 Å². The number of hydrogen-bond acceptors (Lipinski definition) is 3. The second-order valence-corrected chi connectivity index (χ2v) is 5.07. The lowest BCUT2D eigenvalue weighted by Gasteiger charge is -2.10. The van der Waals surface area contributed by atoms with Crippen LogP contribution in [0.2, 0.25) is 0 Å². The molecule has 3 nitrogen and oxygen atoms in total. The van der Waals surface area contributed by atoms with Crippen LogP contribution in [0.4, 0.5) is 0 Å². The topological polar surface area (TPSA) is 46.5 Å². The first-order valence-corrected chi connectivity index (χ1v) is 6.39. The minimum absolute atomic E-state index is 0.613. The van der Waals surface area contributed by atoms with Gasteiger partial charge in [0.2, 0.25) is 0 Å². The van der Waals surface area contributed by atoms with Gasteiger partial charge in [-0.05, 0) is 18.2 Å². The standard InChI is InChI=1S/C14H10O3S/c15-14(16)13-9-5-1-2-6-10(9)17-11-7-3-4-8-12(11)18-13/h1-8,13H,(H,15,16). The average molecular weight is 258 g/mol. The summed E-state index contributed by atoms with van der Waals surface area (Å²) in [6.45, 7) is 0. The molecule has 1 unspecified atom stereocenters. The van der Waals surface area contributed by atoms with Gasteiger partial charge in [0.25, 0.3) is 0 Å². The van der Waals surface area contributed by atoms with Crippen molar-refractivity contribution in [2.45, 2.75) is 10.1 Å². The number of ether oxygens (including phenoxy) is 1. The van der Waals surface area contributed by atoms with Gasteiger partial charge < -0.3 is 9.84 Å². The summed E-state index contributed by atoms with van der Waals surface area (Å²) in [4.78, 5) is 12.3. The summed E-state index contributed by atoms with van der Waals surface area (Å²) >= 11 is 1.30. The van der Waals surface area contributed by atoms with Gasteiger partial charge in [-0.1, -0.05) is 30.3 Å². The molecule has 0 saturated carbocycles. The monoisotopic (exact) mass is 258 g/mol. The number of rotatable bonds is 1. The van der Waals surface area contributed by atoms with Gasteiger partial charge >= 0.3 is 5.97 Å². The van der Waals surface area contributed by atoms with Gasteiger partial charge in [0.05, 0.1) is 4.90 Å². The molecule has 0 bridgehead atoms. The van der Waals surface area contributed by atoms with Gasteiger partial charge in [0.1, 0.15) is 16.7 Å². The van der Waals surface area contributed by atoms with E-state index in [0.717, 1.165) is 4.90 Å². The van der Waals surface area contributed by atoms with Gasteiger partial charge in [-0.25, -0.2) is 0 Å². The van der Waals surface area contributed by atoms with Crippen LogP contribution in [0.25, 0.3) is 0 Å². The first kappa shape index (κ1) is 11.2. The van der Waals surface area contributed by atoms with E-state index in [1.165, 1.54) is 11.8 Å². The molecule has 2 aromatic rings. The Morgan fingerprint density at radius 1 is 1.06 bits per heavy atom. The zero-order valence-corrected chi connectivity index (χ0v) is 10.2. The number of aliphatic carboxylic acids is 1. The van der Waals surface area contributed by atoms with Crippen molar-refractivity contribution < 1.29 is 14.6 Å². The number of carboxylic acid groups (broad SMARTS) is 1. The molecular formula is C14H10O3S. The summed E-state index contributed by atoms with van der Waals surface area (Å²) in [7, 11) is 0. The number of thioether (sulfide) groups is 1. The number of carbonyl (C=O) groups is 1. The minimum Gasteiger partial charge on any atom is -0.480 e. The van der Waals surface area contributed by atoms with Crippen molar-refractivity contribution in [2.75, 3.05) is 0 Å². The summed E-state index contributed by atoms with van der Waals surface area (Å²) in [6.07, 6.45) is 0. The summed E-state index contributed by atoms with van der Waals surface area (Å²) in [5.41, 5.74) is 0.700. The maximum absolute atomic E-state index is 11.4. The fraction of sp³-hybridized carbons (Fsp3) is 0.0714. The Kier molecular flexibility index (Phi) is 2.72. The van der Waals surface area contributed by atoms with E-state index in [-0.39, 0.29) is 0 Å². The van der Waals surface area contributed by atoms with Crippen molar-refractivity contribution in [3.8, 4) is 11.5 Å². The Bertz CT molecular complexity index is 609. The molecule has 0 fully saturated rings. The fourth-order valence-electron chi connectivity index (χ4n) is 1.91. The third-order valence-corrected chi connectivity index (χ3v) is 4.02. The molecule has 1 atom stereocenters. The van der Waals surface area contributed by atoms with Gasteiger partial charge in [0.15, 0.2) is 0 Å². The highest BCUT2D eigenvalue weighted by Crippen LogP contribution is 2.47. The number of fused-ring (bicyclic) bond motifs is 2. The van der Waals surface area contributed by atoms with Crippen LogP contribution in [0, 0.1) is 0 Å². The van der Waals surface area contributed by atoms with Crippen molar-refractivity contribution in [3.63, 3.8) is 0 Å². The second-order valence-electron chi connectivity index (χ2n) is 3.92. The second kappa shape index (κ2) is 4.38. The van der Waals surface area contributed by atoms with E-state index in [1.807, 2.05) is 36.4 Å². The quantitative estimate of drug-likeness (QED) is 0.847. The molecule has 1 heterocycles. The molecule has 0 radical (unpaired) electrons. The highest BCUT2D eigenvalue weighted by atomic mass is 32.2. The molecule has 1 aliphatic rings. The molecule has 0 aliphatic carbocycles. The molecule has 0 spiro atoms. The van der Waals surface area contributed by atoms with E-state index in [2.05, 4.69) is 0 Å². The van der Waals surface area contributed by atoms with Crippen LogP contribution in [0.1, 0.15) is 10.8 Å². The lowest BCUT2D eigenvalue weighted by molar-refractivity contribution is -0.136. The van der Waals surface area contributed by atoms with Gasteiger partial charge in [-0.2, -0.15) is 0 Å². The third kappa shape index (κ3) is 1.84. The number of para-hydroxylation sites is 2. The summed E-state index contributed by atoms with van der Waals surface area (Å²) in [6, 6.07) is 14.8. The van der Waals surface area contributed by atoms with Crippen LogP contribution < -0.4 is 4.74 Å². The van der Waals surface area contributed by atoms with Crippen molar-refractivity contribution in [2.24, 2.45) is 0 Å². The van der Waals surface area contributed by atoms with Crippen LogP contribution >= 0.6 is 11.8 Å². The Balaban J connectivity index is 2.17. The van der Waals surface area contributed by atoms with Crippen LogP contribution in [0.3, 0.4) is 0 Å². The lowest BCUT2D eigenvalue weighted by Crippen LogP contribution is -2.07. The molecule has 0 amide bonds. The highest BCUT2D eigenvalue weighted by Gasteiger charge is 2.28. The van der Waals surface area contributed by atoms with Crippen molar-refractivity contribution in [1.29, 1.82) is 0 Å². The zero-order valence-electron chi connectivity index (χ0n) is 9.37. The number of hydrogen-bond donors (Lipinski definition) is 1. The van der Waals surface area contributed by atoms with Crippen LogP contribution in [-0.2, 0) is 4.79 Å². The molecule has 0 aromatic heterocycles. The summed E-state index contributed by atoms with van der Waals surface area (Å²) < 4.78 is 5.80. The largest absolute Gasteiger partial charge is 0.480 e. The van der Waals surface area contributed by atoms with E-state index in [0.29, 0.717) is 17.1 Å². The summed E-state index contributed by atoms with van der Waals surface area (Å²) in [5.74, 6) is 0.466. The minimum atomic E-state index is -0.854. The molecule has 1 aliphatic heterocycles. The van der Waals surface area contributed by atoms with Crippen molar-refractivity contribution >= 4 is 17.7 Å². The molecule has 1 N–H and O–H groups in total. The van der Waals surface area contributed by atoms with E-state index in [9.17, 15) is 9.90 Å². The molecule has 90 valence electrons. The summed E-state index contributed by atoms with van der Waals surface area (Å²) in [5, 5.41) is 8.72. The average Bonchev–Trinajstić information content (AvgIpc) is 2.55. The molecule has 0 saturated heterocycles. The van der Waals surface area contributed by atoms with Gasteiger partial charge in [0, 0.05) is 5.56 Å². The van der Waals surface area contributed by atoms with E-state index < -0.39 is 11.2 Å². The van der Waals surface area contributed by atoms with E-state index in [1.54, 1.807) is 12.1 Å². The van der Waals surface area contributed by atoms with Gasteiger partial charge in [-0.3, -0.25) is 4.79 Å². The maximum Gasteiger partial charge on any atom is 0.321 e. The zero-order chi connectivity index (χ0) is 12.5. The molecule has 18 heavy (non-hydrogen) atoms. The van der Waals surface area contributed by atoms with Crippen molar-refractivity contribution in [1.82, 2.24) is 0 Å². The van der Waals surface area contributed by atoms with Crippen molar-refractivity contribution in [3.05, 3.63) is 54.1 Å². The number of carboxylic acids is 1. The normalized spacial score (nSPS) is 17.0. The predicted molar refractivity (Wildman–Crippen MR) is 69.2 cm³/mol. The van der Waals surface area contributed by atoms with Crippen LogP contribution in [-0.4, -0.2) is 11.1 Å². The lowest BCUT2D eigenvalue weighted by atomic mass is 10.1. The predicted octanol–water partition coefficient (Wildman–Crippen LogP) is 3.71. The fourth-order valence-corrected chi connectivity index (χ4v) is 2.97. The van der Waals surface area contributed by atoms with Crippen LogP contribution in [0.15, 0.2) is 53.4 Å². The van der Waals surface area contributed by atoms with E-state index in [4.69, 9.17) is 4.74 Å².